The highest BCUT2D eigenvalue weighted by atomic mass is 79.9. The molecule has 2 fully saturated rings. The minimum absolute atomic E-state index is 0.327. The van der Waals surface area contributed by atoms with Gasteiger partial charge in [-0.25, -0.2) is 0 Å². The molecule has 0 amide bonds. The molecule has 0 unspecified atom stereocenters. The molecule has 96 valence electrons. The third kappa shape index (κ3) is 1.42. The largest absolute Gasteiger partial charge is 0.481 e. The van der Waals surface area contributed by atoms with Crippen molar-refractivity contribution in [2.24, 2.45) is 5.41 Å². The zero-order valence-corrected chi connectivity index (χ0v) is 11.8. The normalized spacial score (nSPS) is 23.2. The monoisotopic (exact) mass is 310 g/mol. The van der Waals surface area contributed by atoms with Crippen molar-refractivity contribution in [3.05, 3.63) is 33.8 Å². The van der Waals surface area contributed by atoms with Crippen LogP contribution in [0.2, 0.25) is 0 Å². The van der Waals surface area contributed by atoms with Crippen molar-refractivity contribution in [1.29, 1.82) is 0 Å². The number of carbonyl (C=O) groups is 1. The van der Waals surface area contributed by atoms with Gasteiger partial charge in [0.25, 0.3) is 0 Å². The van der Waals surface area contributed by atoms with E-state index in [2.05, 4.69) is 22.0 Å². The van der Waals surface area contributed by atoms with Crippen molar-refractivity contribution in [3.8, 4) is 0 Å². The summed E-state index contributed by atoms with van der Waals surface area (Å²) in [5.74, 6) is -0.676. The van der Waals surface area contributed by atoms with E-state index in [1.54, 1.807) is 0 Å². The van der Waals surface area contributed by atoms with Crippen molar-refractivity contribution < 1.29 is 14.6 Å². The molecule has 1 saturated carbocycles. The number of hydrogen-bond donors (Lipinski definition) is 1. The molecule has 0 aromatic heterocycles. The lowest BCUT2D eigenvalue weighted by molar-refractivity contribution is -0.161. The number of carboxylic acid groups (broad SMARTS) is 1. The minimum Gasteiger partial charge on any atom is -0.481 e. The molecule has 0 radical (unpaired) electrons. The summed E-state index contributed by atoms with van der Waals surface area (Å²) >= 11 is 3.48. The van der Waals surface area contributed by atoms with Gasteiger partial charge in [-0.05, 0) is 43.0 Å². The Labute approximate surface area is 114 Å². The lowest BCUT2D eigenvalue weighted by atomic mass is 9.65. The number of halogens is 1. The molecule has 2 aliphatic rings. The van der Waals surface area contributed by atoms with Crippen LogP contribution in [0.4, 0.5) is 0 Å². The van der Waals surface area contributed by atoms with Crippen LogP contribution in [-0.4, -0.2) is 24.3 Å². The van der Waals surface area contributed by atoms with E-state index in [9.17, 15) is 9.90 Å². The second-order valence-electron chi connectivity index (χ2n) is 5.42. The molecule has 1 heterocycles. The first kappa shape index (κ1) is 12.2. The van der Waals surface area contributed by atoms with Crippen LogP contribution in [0.5, 0.6) is 0 Å². The van der Waals surface area contributed by atoms with Crippen LogP contribution in [0.1, 0.15) is 24.0 Å². The molecule has 1 aliphatic carbocycles. The average molecular weight is 311 g/mol. The van der Waals surface area contributed by atoms with Crippen LogP contribution in [0.25, 0.3) is 0 Å². The third-order valence-electron chi connectivity index (χ3n) is 4.49. The fourth-order valence-corrected chi connectivity index (χ4v) is 3.49. The number of benzene rings is 1. The number of aliphatic carboxylic acids is 1. The molecular formula is C14H15BrO3. The summed E-state index contributed by atoms with van der Waals surface area (Å²) in [6.07, 6.45) is 1.52. The first-order valence-corrected chi connectivity index (χ1v) is 6.89. The summed E-state index contributed by atoms with van der Waals surface area (Å²) in [4.78, 5) is 11.6. The summed E-state index contributed by atoms with van der Waals surface area (Å²) in [5.41, 5.74) is 1.35. The molecular weight excluding hydrogens is 296 g/mol. The predicted octanol–water partition coefficient (Wildman–Crippen LogP) is 2.89. The standard InChI is InChI=1S/C14H15BrO3/c1-9-2-3-10(15)6-11(9)14(7-18-8-14)13(4-5-13)12(16)17/h2-3,6H,4-5,7-8H2,1H3,(H,16,17). The second kappa shape index (κ2) is 3.81. The molecule has 1 aromatic rings. The number of ether oxygens (including phenoxy) is 1. The topological polar surface area (TPSA) is 46.5 Å². The van der Waals surface area contributed by atoms with E-state index in [-0.39, 0.29) is 5.41 Å². The van der Waals surface area contributed by atoms with E-state index in [0.29, 0.717) is 13.2 Å². The van der Waals surface area contributed by atoms with Crippen LogP contribution in [-0.2, 0) is 14.9 Å². The summed E-state index contributed by atoms with van der Waals surface area (Å²) in [6.45, 7) is 3.09. The van der Waals surface area contributed by atoms with Crippen molar-refractivity contribution in [1.82, 2.24) is 0 Å². The van der Waals surface area contributed by atoms with Gasteiger partial charge in [-0.1, -0.05) is 22.0 Å². The Kier molecular flexibility index (Phi) is 2.58. The maximum Gasteiger partial charge on any atom is 0.310 e. The summed E-state index contributed by atoms with van der Waals surface area (Å²) in [7, 11) is 0. The van der Waals surface area contributed by atoms with Crippen molar-refractivity contribution in [2.45, 2.75) is 25.2 Å². The van der Waals surface area contributed by atoms with Gasteiger partial charge in [0.1, 0.15) is 0 Å². The Morgan fingerprint density at radius 2 is 2.06 bits per heavy atom. The Morgan fingerprint density at radius 3 is 2.50 bits per heavy atom. The van der Waals surface area contributed by atoms with E-state index in [1.807, 2.05) is 19.1 Å². The molecule has 1 aromatic carbocycles. The van der Waals surface area contributed by atoms with Crippen LogP contribution < -0.4 is 0 Å². The lowest BCUT2D eigenvalue weighted by Crippen LogP contribution is -2.56. The highest BCUT2D eigenvalue weighted by Gasteiger charge is 2.68. The van der Waals surface area contributed by atoms with Gasteiger partial charge < -0.3 is 9.84 Å². The molecule has 1 saturated heterocycles. The van der Waals surface area contributed by atoms with Crippen molar-refractivity contribution in [3.63, 3.8) is 0 Å². The first-order chi connectivity index (χ1) is 8.52. The lowest BCUT2D eigenvalue weighted by Gasteiger charge is -2.47. The highest BCUT2D eigenvalue weighted by molar-refractivity contribution is 9.10. The van der Waals surface area contributed by atoms with Gasteiger partial charge in [0.05, 0.1) is 24.0 Å². The summed E-state index contributed by atoms with van der Waals surface area (Å²) < 4.78 is 6.38. The zero-order chi connectivity index (χ0) is 13.0. The van der Waals surface area contributed by atoms with E-state index in [0.717, 1.165) is 28.4 Å². The van der Waals surface area contributed by atoms with E-state index < -0.39 is 11.4 Å². The van der Waals surface area contributed by atoms with Gasteiger partial charge in [-0.15, -0.1) is 0 Å². The Morgan fingerprint density at radius 1 is 1.39 bits per heavy atom. The van der Waals surface area contributed by atoms with Crippen LogP contribution >= 0.6 is 15.9 Å². The molecule has 0 atom stereocenters. The number of aryl methyl sites for hydroxylation is 1. The van der Waals surface area contributed by atoms with Crippen LogP contribution in [0, 0.1) is 12.3 Å². The molecule has 1 aliphatic heterocycles. The summed E-state index contributed by atoms with van der Waals surface area (Å²) in [6, 6.07) is 6.09. The summed E-state index contributed by atoms with van der Waals surface area (Å²) in [5, 5.41) is 9.56. The van der Waals surface area contributed by atoms with Gasteiger partial charge in [0.2, 0.25) is 0 Å². The fourth-order valence-electron chi connectivity index (χ4n) is 3.13. The maximum absolute atomic E-state index is 11.6. The van der Waals surface area contributed by atoms with E-state index >= 15 is 0 Å². The van der Waals surface area contributed by atoms with Crippen LogP contribution in [0.3, 0.4) is 0 Å². The van der Waals surface area contributed by atoms with Gasteiger partial charge in [0, 0.05) is 4.47 Å². The van der Waals surface area contributed by atoms with Crippen molar-refractivity contribution in [2.75, 3.05) is 13.2 Å². The molecule has 0 spiro atoms. The predicted molar refractivity (Wildman–Crippen MR) is 70.7 cm³/mol. The average Bonchev–Trinajstić information content (AvgIpc) is 3.03. The minimum atomic E-state index is -0.676. The van der Waals surface area contributed by atoms with Gasteiger partial charge in [-0.3, -0.25) is 4.79 Å². The molecule has 1 N–H and O–H groups in total. The van der Waals surface area contributed by atoms with Crippen LogP contribution in [0.15, 0.2) is 22.7 Å². The second-order valence-corrected chi connectivity index (χ2v) is 6.34. The number of rotatable bonds is 3. The third-order valence-corrected chi connectivity index (χ3v) is 4.98. The maximum atomic E-state index is 11.6. The number of hydrogen-bond acceptors (Lipinski definition) is 2. The Hall–Kier alpha value is -0.870. The molecule has 18 heavy (non-hydrogen) atoms. The molecule has 0 bridgehead atoms. The zero-order valence-electron chi connectivity index (χ0n) is 10.2. The quantitative estimate of drug-likeness (QED) is 0.933. The van der Waals surface area contributed by atoms with E-state index in [1.165, 1.54) is 0 Å². The number of carboxylic acids is 1. The smallest absolute Gasteiger partial charge is 0.310 e. The molecule has 3 nitrogen and oxygen atoms in total. The Balaban J connectivity index is 2.12. The van der Waals surface area contributed by atoms with E-state index in [4.69, 9.17) is 4.74 Å². The van der Waals surface area contributed by atoms with Crippen molar-refractivity contribution >= 4 is 21.9 Å². The Bertz CT molecular complexity index is 516. The molecule has 4 heteroatoms. The SMILES string of the molecule is Cc1ccc(Br)cc1C1(C2(C(=O)O)CC2)COC1. The highest BCUT2D eigenvalue weighted by Crippen LogP contribution is 2.63. The first-order valence-electron chi connectivity index (χ1n) is 6.10. The van der Waals surface area contributed by atoms with Gasteiger partial charge in [0.15, 0.2) is 0 Å². The molecule has 3 rings (SSSR count). The van der Waals surface area contributed by atoms with Gasteiger partial charge >= 0.3 is 5.97 Å². The fraction of sp³-hybridized carbons (Fsp3) is 0.500. The van der Waals surface area contributed by atoms with Gasteiger partial charge in [-0.2, -0.15) is 0 Å².